The molecule has 1 rings (SSSR count). The number of nitrogens with zero attached hydrogens (tertiary/aromatic N) is 1. The van der Waals surface area contributed by atoms with Crippen LogP contribution in [0, 0.1) is 0 Å². The molecule has 4 nitrogen and oxygen atoms in total. The van der Waals surface area contributed by atoms with Crippen molar-refractivity contribution in [3.05, 3.63) is 24.3 Å². The molecule has 0 aromatic heterocycles. The lowest BCUT2D eigenvalue weighted by Gasteiger charge is -2.23. The molecule has 0 spiro atoms. The van der Waals surface area contributed by atoms with Crippen molar-refractivity contribution in [2.24, 2.45) is 0 Å². The zero-order valence-electron chi connectivity index (χ0n) is 12.9. The Kier molecular flexibility index (Phi) is 7.53. The first-order valence-electron chi connectivity index (χ1n) is 6.92. The van der Waals surface area contributed by atoms with Crippen molar-refractivity contribution < 1.29 is 9.53 Å². The second-order valence-electron chi connectivity index (χ2n) is 4.39. The molecule has 1 amide bonds. The van der Waals surface area contributed by atoms with Crippen molar-refractivity contribution in [2.75, 3.05) is 25.5 Å². The molecule has 0 unspecified atom stereocenters. The number of rotatable bonds is 6. The Morgan fingerprint density at radius 1 is 1.38 bits per heavy atom. The van der Waals surface area contributed by atoms with Crippen LogP contribution in [0.4, 0.5) is 5.69 Å². The molecule has 1 N–H and O–H groups in total. The number of benzene rings is 1. The van der Waals surface area contributed by atoms with Crippen LogP contribution in [0.15, 0.2) is 24.3 Å². The molecular formula is C15H22N2O2S2. The largest absolute Gasteiger partial charge is 0.495 e. The van der Waals surface area contributed by atoms with E-state index in [9.17, 15) is 4.79 Å². The van der Waals surface area contributed by atoms with Crippen molar-refractivity contribution in [3.63, 3.8) is 0 Å². The van der Waals surface area contributed by atoms with Crippen LogP contribution in [0.25, 0.3) is 0 Å². The van der Waals surface area contributed by atoms with Gasteiger partial charge in [0.05, 0.1) is 18.0 Å². The number of nitrogens with one attached hydrogen (secondary N) is 1. The summed E-state index contributed by atoms with van der Waals surface area (Å²) in [5.74, 6) is 0.563. The lowest BCUT2D eigenvalue weighted by molar-refractivity contribution is -0.115. The summed E-state index contributed by atoms with van der Waals surface area (Å²) in [7, 11) is 1.58. The van der Waals surface area contributed by atoms with Crippen LogP contribution >= 0.6 is 24.0 Å². The summed E-state index contributed by atoms with van der Waals surface area (Å²) < 4.78 is 5.98. The maximum Gasteiger partial charge on any atom is 0.237 e. The maximum absolute atomic E-state index is 12.2. The number of carbonyl (C=O) groups is 1. The van der Waals surface area contributed by atoms with Gasteiger partial charge in [-0.1, -0.05) is 36.1 Å². The van der Waals surface area contributed by atoms with E-state index >= 15 is 0 Å². The van der Waals surface area contributed by atoms with Crippen molar-refractivity contribution in [1.29, 1.82) is 0 Å². The van der Waals surface area contributed by atoms with Gasteiger partial charge in [0.2, 0.25) is 5.91 Å². The highest BCUT2D eigenvalue weighted by atomic mass is 32.2. The van der Waals surface area contributed by atoms with Gasteiger partial charge in [0.15, 0.2) is 0 Å². The third kappa shape index (κ3) is 5.21. The quantitative estimate of drug-likeness (QED) is 0.812. The summed E-state index contributed by atoms with van der Waals surface area (Å²) in [4.78, 5) is 14.3. The van der Waals surface area contributed by atoms with Crippen LogP contribution < -0.4 is 10.1 Å². The minimum Gasteiger partial charge on any atom is -0.495 e. The molecular weight excluding hydrogens is 304 g/mol. The minimum atomic E-state index is -0.261. The molecule has 1 atom stereocenters. The number of hydrogen-bond acceptors (Lipinski definition) is 4. The Labute approximate surface area is 136 Å². The number of methoxy groups -OCH3 is 1. The molecule has 0 radical (unpaired) electrons. The lowest BCUT2D eigenvalue weighted by atomic mass is 10.3. The molecule has 1 aromatic carbocycles. The van der Waals surface area contributed by atoms with Crippen molar-refractivity contribution in [3.8, 4) is 5.75 Å². The summed E-state index contributed by atoms with van der Waals surface area (Å²) in [6.45, 7) is 7.66. The lowest BCUT2D eigenvalue weighted by Crippen LogP contribution is -2.31. The van der Waals surface area contributed by atoms with E-state index in [0.29, 0.717) is 11.4 Å². The zero-order chi connectivity index (χ0) is 15.8. The number of hydrogen-bond donors (Lipinski definition) is 1. The fourth-order valence-corrected chi connectivity index (χ4v) is 3.31. The number of thioether (sulfide) groups is 1. The average molecular weight is 326 g/mol. The first kappa shape index (κ1) is 17.8. The van der Waals surface area contributed by atoms with Gasteiger partial charge in [0.25, 0.3) is 0 Å². The molecule has 6 heteroatoms. The van der Waals surface area contributed by atoms with Gasteiger partial charge < -0.3 is 15.0 Å². The van der Waals surface area contributed by atoms with E-state index in [1.54, 1.807) is 7.11 Å². The summed E-state index contributed by atoms with van der Waals surface area (Å²) in [6.07, 6.45) is 0. The standard InChI is InChI=1S/C15H22N2O2S2/c1-5-17(6-2)15(20)21-11(3)14(18)16-12-9-7-8-10-13(12)19-4/h7-11H,5-6H2,1-4H3,(H,16,18)/t11-/m0/s1. The van der Waals surface area contributed by atoms with Crippen molar-refractivity contribution >= 4 is 39.9 Å². The van der Waals surface area contributed by atoms with Crippen LogP contribution in [-0.4, -0.2) is 40.6 Å². The minimum absolute atomic E-state index is 0.0843. The Morgan fingerprint density at radius 2 is 2.00 bits per heavy atom. The third-order valence-electron chi connectivity index (χ3n) is 3.03. The Morgan fingerprint density at radius 3 is 2.57 bits per heavy atom. The second kappa shape index (κ2) is 8.89. The summed E-state index contributed by atoms with van der Waals surface area (Å²) in [5, 5.41) is 2.62. The van der Waals surface area contributed by atoms with Gasteiger partial charge in [-0.15, -0.1) is 0 Å². The topological polar surface area (TPSA) is 41.6 Å². The third-order valence-corrected chi connectivity index (χ3v) is 4.61. The normalized spacial score (nSPS) is 11.6. The highest BCUT2D eigenvalue weighted by Gasteiger charge is 2.19. The van der Waals surface area contributed by atoms with Crippen LogP contribution in [0.1, 0.15) is 20.8 Å². The Balaban J connectivity index is 2.64. The molecule has 0 aliphatic heterocycles. The van der Waals surface area contributed by atoms with E-state index in [0.717, 1.165) is 17.4 Å². The van der Waals surface area contributed by atoms with Gasteiger partial charge in [0, 0.05) is 13.1 Å². The van der Waals surface area contributed by atoms with Gasteiger partial charge in [-0.2, -0.15) is 0 Å². The van der Waals surface area contributed by atoms with Gasteiger partial charge in [-0.25, -0.2) is 0 Å². The molecule has 0 saturated heterocycles. The van der Waals surface area contributed by atoms with Crippen molar-refractivity contribution in [2.45, 2.75) is 26.0 Å². The van der Waals surface area contributed by atoms with E-state index in [1.165, 1.54) is 11.8 Å². The Hall–Kier alpha value is -1.27. The van der Waals surface area contributed by atoms with Crippen LogP contribution in [0.2, 0.25) is 0 Å². The predicted molar refractivity (Wildman–Crippen MR) is 94.2 cm³/mol. The van der Waals surface area contributed by atoms with Crippen LogP contribution in [-0.2, 0) is 4.79 Å². The number of para-hydroxylation sites is 2. The molecule has 0 heterocycles. The van der Waals surface area contributed by atoms with E-state index in [-0.39, 0.29) is 11.2 Å². The maximum atomic E-state index is 12.2. The molecule has 0 aliphatic carbocycles. The second-order valence-corrected chi connectivity index (χ2v) is 6.36. The fraction of sp³-hybridized carbons (Fsp3) is 0.467. The molecule has 0 saturated carbocycles. The van der Waals surface area contributed by atoms with Gasteiger partial charge in [-0.05, 0) is 32.9 Å². The number of ether oxygens (including phenoxy) is 1. The number of anilines is 1. The van der Waals surface area contributed by atoms with Gasteiger partial charge in [-0.3, -0.25) is 4.79 Å². The predicted octanol–water partition coefficient (Wildman–Crippen LogP) is 3.38. The molecule has 1 aromatic rings. The summed E-state index contributed by atoms with van der Waals surface area (Å²) in [5.41, 5.74) is 0.672. The number of carbonyl (C=O) groups excluding carboxylic acids is 1. The fourth-order valence-electron chi connectivity index (χ4n) is 1.74. The molecule has 21 heavy (non-hydrogen) atoms. The average Bonchev–Trinajstić information content (AvgIpc) is 2.48. The van der Waals surface area contributed by atoms with E-state index in [2.05, 4.69) is 24.1 Å². The number of thiocarbonyl (C=S) groups is 1. The summed E-state index contributed by atoms with van der Waals surface area (Å²) in [6, 6.07) is 7.35. The van der Waals surface area contributed by atoms with E-state index in [1.807, 2.05) is 31.2 Å². The Bertz CT molecular complexity index is 490. The highest BCUT2D eigenvalue weighted by Crippen LogP contribution is 2.25. The van der Waals surface area contributed by atoms with E-state index < -0.39 is 0 Å². The molecule has 116 valence electrons. The SMILES string of the molecule is CCN(CC)C(=S)S[C@@H](C)C(=O)Nc1ccccc1OC. The highest BCUT2D eigenvalue weighted by molar-refractivity contribution is 8.23. The van der Waals surface area contributed by atoms with Crippen LogP contribution in [0.5, 0.6) is 5.75 Å². The first-order chi connectivity index (χ1) is 10.0. The zero-order valence-corrected chi connectivity index (χ0v) is 14.5. The summed E-state index contributed by atoms with van der Waals surface area (Å²) >= 11 is 6.77. The monoisotopic (exact) mass is 326 g/mol. The molecule has 0 bridgehead atoms. The first-order valence-corrected chi connectivity index (χ1v) is 8.21. The molecule has 0 aliphatic rings. The van der Waals surface area contributed by atoms with Crippen molar-refractivity contribution in [1.82, 2.24) is 4.90 Å². The van der Waals surface area contributed by atoms with Gasteiger partial charge in [0.1, 0.15) is 10.1 Å². The smallest absolute Gasteiger partial charge is 0.237 e. The molecule has 0 fully saturated rings. The van der Waals surface area contributed by atoms with Crippen LogP contribution in [0.3, 0.4) is 0 Å². The number of amides is 1. The van der Waals surface area contributed by atoms with E-state index in [4.69, 9.17) is 17.0 Å². The van der Waals surface area contributed by atoms with Gasteiger partial charge >= 0.3 is 0 Å².